The molecule has 90 valence electrons. The van der Waals surface area contributed by atoms with E-state index in [1.54, 1.807) is 0 Å². The lowest BCUT2D eigenvalue weighted by atomic mass is 9.87. The van der Waals surface area contributed by atoms with Gasteiger partial charge in [-0.05, 0) is 36.1 Å². The van der Waals surface area contributed by atoms with Crippen LogP contribution in [0.25, 0.3) is 11.0 Å². The van der Waals surface area contributed by atoms with Crippen LogP contribution in [0.3, 0.4) is 0 Å². The zero-order valence-electron chi connectivity index (χ0n) is 10.7. The minimum Gasteiger partial charge on any atom is -0.341 e. The third-order valence-corrected chi connectivity index (χ3v) is 3.52. The number of nitrogens with zero attached hydrogens (tertiary/aromatic N) is 1. The lowest BCUT2D eigenvalue weighted by Gasteiger charge is -2.25. The highest BCUT2D eigenvalue weighted by Crippen LogP contribution is 2.27. The molecule has 3 heteroatoms. The highest BCUT2D eigenvalue weighted by atomic mass is 15.1. The summed E-state index contributed by atoms with van der Waals surface area (Å²) in [7, 11) is 0. The lowest BCUT2D eigenvalue weighted by molar-refractivity contribution is 0.369. The quantitative estimate of drug-likeness (QED) is 0.789. The minimum atomic E-state index is 0.189. The third-order valence-electron chi connectivity index (χ3n) is 3.52. The molecule has 1 aliphatic heterocycles. The summed E-state index contributed by atoms with van der Waals surface area (Å²) in [6.07, 6.45) is 1.19. The summed E-state index contributed by atoms with van der Waals surface area (Å²) < 4.78 is 0. The lowest BCUT2D eigenvalue weighted by Crippen LogP contribution is -2.35. The summed E-state index contributed by atoms with van der Waals surface area (Å²) in [5.74, 6) is 1.08. The van der Waals surface area contributed by atoms with E-state index in [4.69, 9.17) is 0 Å². The van der Waals surface area contributed by atoms with Gasteiger partial charge in [0.25, 0.3) is 0 Å². The van der Waals surface area contributed by atoms with Crippen molar-refractivity contribution in [2.45, 2.75) is 38.6 Å². The average Bonchev–Trinajstić information content (AvgIpc) is 2.54. The summed E-state index contributed by atoms with van der Waals surface area (Å²) in [5.41, 5.74) is 3.76. The van der Waals surface area contributed by atoms with E-state index in [1.165, 1.54) is 12.0 Å². The number of hydrogen-bond donors (Lipinski definition) is 2. The van der Waals surface area contributed by atoms with Gasteiger partial charge in [-0.1, -0.05) is 26.8 Å². The Balaban J connectivity index is 2.04. The van der Waals surface area contributed by atoms with E-state index in [9.17, 15) is 0 Å². The van der Waals surface area contributed by atoms with Crippen molar-refractivity contribution in [1.82, 2.24) is 15.3 Å². The molecule has 3 nitrogen and oxygen atoms in total. The van der Waals surface area contributed by atoms with Crippen LogP contribution in [0.4, 0.5) is 0 Å². The molecule has 2 N–H and O–H groups in total. The Kier molecular flexibility index (Phi) is 2.26. The predicted octanol–water partition coefficient (Wildman–Crippen LogP) is 2.89. The standard InChI is InChI=1S/C14H19N3/c1-14(2,3)9-4-5-10-12(8-9)17-13(16-10)11-6-7-15-11/h4-5,8,11,15H,6-7H2,1-3H3,(H,16,17). The molecule has 0 bridgehead atoms. The van der Waals surface area contributed by atoms with Crippen molar-refractivity contribution in [2.75, 3.05) is 6.54 Å². The number of aromatic amines is 1. The first-order chi connectivity index (χ1) is 8.04. The summed E-state index contributed by atoms with van der Waals surface area (Å²) >= 11 is 0. The molecule has 2 heterocycles. The number of H-pyrrole nitrogens is 1. The molecule has 1 aliphatic rings. The van der Waals surface area contributed by atoms with Crippen molar-refractivity contribution < 1.29 is 0 Å². The van der Waals surface area contributed by atoms with Crippen molar-refractivity contribution >= 4 is 11.0 Å². The molecule has 17 heavy (non-hydrogen) atoms. The summed E-state index contributed by atoms with van der Waals surface area (Å²) in [5, 5.41) is 3.37. The smallest absolute Gasteiger partial charge is 0.124 e. The second kappa shape index (κ2) is 3.57. The Morgan fingerprint density at radius 3 is 2.65 bits per heavy atom. The van der Waals surface area contributed by atoms with Gasteiger partial charge in [0, 0.05) is 0 Å². The molecule has 1 atom stereocenters. The fourth-order valence-corrected chi connectivity index (χ4v) is 2.18. The molecule has 0 saturated carbocycles. The van der Waals surface area contributed by atoms with E-state index in [2.05, 4.69) is 54.3 Å². The highest BCUT2D eigenvalue weighted by Gasteiger charge is 2.22. The van der Waals surface area contributed by atoms with Crippen LogP contribution >= 0.6 is 0 Å². The van der Waals surface area contributed by atoms with Gasteiger partial charge in [0.05, 0.1) is 17.1 Å². The molecule has 0 amide bonds. The fourth-order valence-electron chi connectivity index (χ4n) is 2.18. The minimum absolute atomic E-state index is 0.189. The van der Waals surface area contributed by atoms with Crippen LogP contribution < -0.4 is 5.32 Å². The van der Waals surface area contributed by atoms with Gasteiger partial charge in [-0.25, -0.2) is 4.98 Å². The summed E-state index contributed by atoms with van der Waals surface area (Å²) in [6, 6.07) is 6.96. The van der Waals surface area contributed by atoms with Gasteiger partial charge >= 0.3 is 0 Å². The molecule has 0 radical (unpaired) electrons. The van der Waals surface area contributed by atoms with Gasteiger partial charge in [-0.3, -0.25) is 0 Å². The summed E-state index contributed by atoms with van der Waals surface area (Å²) in [4.78, 5) is 8.08. The number of rotatable bonds is 1. The number of fused-ring (bicyclic) bond motifs is 1. The SMILES string of the molecule is CC(C)(C)c1ccc2nc(C3CCN3)[nH]c2c1. The maximum Gasteiger partial charge on any atom is 0.124 e. The molecule has 1 unspecified atom stereocenters. The maximum absolute atomic E-state index is 4.64. The molecule has 1 aromatic heterocycles. The Bertz CT molecular complexity index is 544. The van der Waals surface area contributed by atoms with Crippen molar-refractivity contribution in [3.05, 3.63) is 29.6 Å². The number of benzene rings is 1. The van der Waals surface area contributed by atoms with Gasteiger partial charge < -0.3 is 10.3 Å². The first-order valence-electron chi connectivity index (χ1n) is 6.27. The van der Waals surface area contributed by atoms with Crippen LogP contribution in [0.5, 0.6) is 0 Å². The Hall–Kier alpha value is -1.35. The summed E-state index contributed by atoms with van der Waals surface area (Å²) in [6.45, 7) is 7.81. The van der Waals surface area contributed by atoms with Gasteiger partial charge in [0.2, 0.25) is 0 Å². The molecule has 1 saturated heterocycles. The van der Waals surface area contributed by atoms with E-state index in [1.807, 2.05) is 0 Å². The second-order valence-corrected chi connectivity index (χ2v) is 5.90. The molecule has 1 aromatic carbocycles. The fraction of sp³-hybridized carbons (Fsp3) is 0.500. The van der Waals surface area contributed by atoms with Crippen LogP contribution in [-0.2, 0) is 5.41 Å². The monoisotopic (exact) mass is 229 g/mol. The van der Waals surface area contributed by atoms with Crippen molar-refractivity contribution in [2.24, 2.45) is 0 Å². The molecular weight excluding hydrogens is 210 g/mol. The van der Waals surface area contributed by atoms with Crippen molar-refractivity contribution in [3.63, 3.8) is 0 Å². The number of hydrogen-bond acceptors (Lipinski definition) is 2. The van der Waals surface area contributed by atoms with E-state index in [0.717, 1.165) is 23.4 Å². The Morgan fingerprint density at radius 1 is 1.29 bits per heavy atom. The maximum atomic E-state index is 4.64. The molecule has 2 aromatic rings. The second-order valence-electron chi connectivity index (χ2n) is 5.90. The van der Waals surface area contributed by atoms with E-state index >= 15 is 0 Å². The van der Waals surface area contributed by atoms with Crippen LogP contribution in [0.15, 0.2) is 18.2 Å². The largest absolute Gasteiger partial charge is 0.341 e. The predicted molar refractivity (Wildman–Crippen MR) is 70.2 cm³/mol. The zero-order chi connectivity index (χ0) is 12.0. The topological polar surface area (TPSA) is 40.7 Å². The van der Waals surface area contributed by atoms with Crippen LogP contribution in [-0.4, -0.2) is 16.5 Å². The molecular formula is C14H19N3. The van der Waals surface area contributed by atoms with Gasteiger partial charge in [-0.2, -0.15) is 0 Å². The first-order valence-corrected chi connectivity index (χ1v) is 6.27. The van der Waals surface area contributed by atoms with Crippen LogP contribution in [0, 0.1) is 0 Å². The van der Waals surface area contributed by atoms with Crippen molar-refractivity contribution in [1.29, 1.82) is 0 Å². The number of nitrogens with one attached hydrogen (secondary N) is 2. The van der Waals surface area contributed by atoms with Gasteiger partial charge in [-0.15, -0.1) is 0 Å². The van der Waals surface area contributed by atoms with Gasteiger partial charge in [0.15, 0.2) is 0 Å². The van der Waals surface area contributed by atoms with E-state index in [0.29, 0.717) is 6.04 Å². The molecule has 0 spiro atoms. The van der Waals surface area contributed by atoms with Crippen LogP contribution in [0.1, 0.15) is 44.6 Å². The van der Waals surface area contributed by atoms with Crippen molar-refractivity contribution in [3.8, 4) is 0 Å². The Morgan fingerprint density at radius 2 is 2.06 bits per heavy atom. The first kappa shape index (κ1) is 10.8. The average molecular weight is 229 g/mol. The Labute approximate surface area is 102 Å². The molecule has 0 aliphatic carbocycles. The number of imidazole rings is 1. The van der Waals surface area contributed by atoms with E-state index < -0.39 is 0 Å². The third kappa shape index (κ3) is 1.84. The number of aromatic nitrogens is 2. The zero-order valence-corrected chi connectivity index (χ0v) is 10.7. The van der Waals surface area contributed by atoms with Gasteiger partial charge in [0.1, 0.15) is 5.82 Å². The normalized spacial score (nSPS) is 20.5. The van der Waals surface area contributed by atoms with Crippen LogP contribution in [0.2, 0.25) is 0 Å². The van der Waals surface area contributed by atoms with E-state index in [-0.39, 0.29) is 5.41 Å². The molecule has 3 rings (SSSR count). The highest BCUT2D eigenvalue weighted by molar-refractivity contribution is 5.76. The molecule has 1 fully saturated rings.